The summed E-state index contributed by atoms with van der Waals surface area (Å²) in [5.74, 6) is 0. The first-order valence-electron chi connectivity index (χ1n) is 8.96. The molecule has 0 radical (unpaired) electrons. The topological polar surface area (TPSA) is 96.2 Å². The minimum atomic E-state index is -1.40. The first-order chi connectivity index (χ1) is 13.4. The van der Waals surface area contributed by atoms with Crippen molar-refractivity contribution in [2.24, 2.45) is 0 Å². The first kappa shape index (κ1) is 20.9. The van der Waals surface area contributed by atoms with Gasteiger partial charge in [-0.3, -0.25) is 0 Å². The predicted octanol–water partition coefficient (Wildman–Crippen LogP) is 1.80. The maximum Gasteiger partial charge on any atom is 0.186 e. The Bertz CT molecular complexity index is 807. The normalized spacial score (nSPS) is 27.5. The largest absolute Gasteiger partial charge is 0.387 e. The van der Waals surface area contributed by atoms with E-state index in [1.54, 1.807) is 12.1 Å². The molecule has 1 aliphatic heterocycles. The fraction of sp³-hybridized carbons (Fsp3) is 0.381. The van der Waals surface area contributed by atoms with Crippen molar-refractivity contribution in [2.45, 2.75) is 43.5 Å². The number of carbonyl (C=O) groups is 1. The zero-order chi connectivity index (χ0) is 20.3. The van der Waals surface area contributed by atoms with E-state index in [0.29, 0.717) is 23.4 Å². The van der Waals surface area contributed by atoms with E-state index in [4.69, 9.17) is 21.1 Å². The van der Waals surface area contributed by atoms with E-state index in [1.165, 1.54) is 7.11 Å². The Kier molecular flexibility index (Phi) is 6.82. The van der Waals surface area contributed by atoms with Crippen LogP contribution in [-0.4, -0.2) is 53.3 Å². The van der Waals surface area contributed by atoms with Gasteiger partial charge in [0.15, 0.2) is 6.29 Å². The van der Waals surface area contributed by atoms with Gasteiger partial charge in [0, 0.05) is 18.6 Å². The molecule has 0 amide bonds. The van der Waals surface area contributed by atoms with E-state index in [0.717, 1.165) is 23.0 Å². The first-order valence-corrected chi connectivity index (χ1v) is 9.34. The van der Waals surface area contributed by atoms with Gasteiger partial charge in [-0.1, -0.05) is 48.0 Å². The van der Waals surface area contributed by atoms with Gasteiger partial charge in [0.05, 0.1) is 0 Å². The summed E-state index contributed by atoms with van der Waals surface area (Å²) in [6.07, 6.45) is -4.16. The van der Waals surface area contributed by atoms with Gasteiger partial charge in [0.2, 0.25) is 0 Å². The zero-order valence-electron chi connectivity index (χ0n) is 15.4. The summed E-state index contributed by atoms with van der Waals surface area (Å²) in [6.45, 7) is 0. The lowest BCUT2D eigenvalue weighted by Gasteiger charge is -2.40. The quantitative estimate of drug-likeness (QED) is 0.633. The highest BCUT2D eigenvalue weighted by atomic mass is 35.5. The van der Waals surface area contributed by atoms with Crippen molar-refractivity contribution in [3.8, 4) is 0 Å². The molecule has 2 unspecified atom stereocenters. The number of aliphatic hydroxyl groups is 3. The van der Waals surface area contributed by atoms with E-state index in [2.05, 4.69) is 0 Å². The Morgan fingerprint density at radius 2 is 1.71 bits per heavy atom. The van der Waals surface area contributed by atoms with Crippen LogP contribution in [0.4, 0.5) is 0 Å². The van der Waals surface area contributed by atoms with Crippen LogP contribution >= 0.6 is 11.6 Å². The highest BCUT2D eigenvalue weighted by Gasteiger charge is 2.44. The molecule has 7 heteroatoms. The van der Waals surface area contributed by atoms with Crippen LogP contribution in [0.25, 0.3) is 0 Å². The summed E-state index contributed by atoms with van der Waals surface area (Å²) in [6, 6.07) is 12.9. The summed E-state index contributed by atoms with van der Waals surface area (Å²) < 4.78 is 10.7. The van der Waals surface area contributed by atoms with Crippen molar-refractivity contribution in [3.05, 3.63) is 69.7 Å². The Balaban J connectivity index is 1.83. The smallest absolute Gasteiger partial charge is 0.186 e. The molecule has 0 bridgehead atoms. The van der Waals surface area contributed by atoms with E-state index in [1.807, 2.05) is 30.3 Å². The second-order valence-electron chi connectivity index (χ2n) is 6.85. The molecule has 0 spiro atoms. The van der Waals surface area contributed by atoms with Crippen molar-refractivity contribution in [3.63, 3.8) is 0 Å². The number of methoxy groups -OCH3 is 1. The molecule has 150 valence electrons. The molecule has 1 aliphatic rings. The van der Waals surface area contributed by atoms with Crippen molar-refractivity contribution in [1.82, 2.24) is 0 Å². The van der Waals surface area contributed by atoms with Crippen molar-refractivity contribution in [2.75, 3.05) is 7.11 Å². The number of halogens is 1. The minimum Gasteiger partial charge on any atom is -0.387 e. The summed E-state index contributed by atoms with van der Waals surface area (Å²) >= 11 is 6.35. The summed E-state index contributed by atoms with van der Waals surface area (Å²) in [7, 11) is 1.36. The molecular weight excluding hydrogens is 384 g/mol. The fourth-order valence-corrected chi connectivity index (χ4v) is 3.52. The minimum absolute atomic E-state index is 0.377. The summed E-state index contributed by atoms with van der Waals surface area (Å²) in [5, 5.41) is 30.9. The Labute approximate surface area is 168 Å². The predicted molar refractivity (Wildman–Crippen MR) is 103 cm³/mol. The van der Waals surface area contributed by atoms with Gasteiger partial charge >= 0.3 is 0 Å². The van der Waals surface area contributed by atoms with E-state index in [9.17, 15) is 20.1 Å². The number of hydrogen-bond donors (Lipinski definition) is 3. The van der Waals surface area contributed by atoms with Crippen LogP contribution < -0.4 is 0 Å². The summed E-state index contributed by atoms with van der Waals surface area (Å²) in [5.41, 5.74) is 3.41. The lowest BCUT2D eigenvalue weighted by atomic mass is 9.92. The van der Waals surface area contributed by atoms with E-state index < -0.39 is 30.7 Å². The number of hydrogen-bond acceptors (Lipinski definition) is 6. The van der Waals surface area contributed by atoms with Gasteiger partial charge < -0.3 is 29.6 Å². The van der Waals surface area contributed by atoms with Crippen molar-refractivity contribution in [1.29, 1.82) is 0 Å². The van der Waals surface area contributed by atoms with Gasteiger partial charge in [-0.15, -0.1) is 0 Å². The Hall–Kier alpha value is -1.80. The average Bonchev–Trinajstić information content (AvgIpc) is 2.70. The molecular formula is C21H23ClO6. The third kappa shape index (κ3) is 4.43. The third-order valence-corrected chi connectivity index (χ3v) is 5.31. The molecule has 5 atom stereocenters. The zero-order valence-corrected chi connectivity index (χ0v) is 16.1. The number of rotatable bonds is 6. The van der Waals surface area contributed by atoms with Crippen molar-refractivity contribution >= 4 is 17.9 Å². The molecule has 2 aromatic carbocycles. The number of aliphatic hydroxyl groups excluding tert-OH is 3. The van der Waals surface area contributed by atoms with Gasteiger partial charge in [-0.25, -0.2) is 0 Å². The molecule has 1 saturated heterocycles. The average molecular weight is 407 g/mol. The molecule has 0 saturated carbocycles. The monoisotopic (exact) mass is 406 g/mol. The molecule has 2 aromatic rings. The molecule has 6 nitrogen and oxygen atoms in total. The van der Waals surface area contributed by atoms with E-state index >= 15 is 0 Å². The van der Waals surface area contributed by atoms with Crippen LogP contribution in [-0.2, 0) is 27.1 Å². The lowest BCUT2D eigenvalue weighted by molar-refractivity contribution is -0.292. The van der Waals surface area contributed by atoms with Crippen LogP contribution in [0, 0.1) is 0 Å². The van der Waals surface area contributed by atoms with Gasteiger partial charge in [-0.05, 0) is 34.7 Å². The maximum atomic E-state index is 10.6. The number of benzene rings is 2. The molecule has 3 N–H and O–H groups in total. The molecule has 1 heterocycles. The van der Waals surface area contributed by atoms with Crippen molar-refractivity contribution < 1.29 is 29.6 Å². The maximum absolute atomic E-state index is 10.6. The molecule has 0 aromatic heterocycles. The van der Waals surface area contributed by atoms with Gasteiger partial charge in [0.1, 0.15) is 30.7 Å². The Morgan fingerprint density at radius 1 is 1.04 bits per heavy atom. The van der Waals surface area contributed by atoms with Crippen LogP contribution in [0.2, 0.25) is 5.02 Å². The molecule has 3 rings (SSSR count). The van der Waals surface area contributed by atoms with Gasteiger partial charge in [-0.2, -0.15) is 0 Å². The van der Waals surface area contributed by atoms with Crippen LogP contribution in [0.1, 0.15) is 28.4 Å². The van der Waals surface area contributed by atoms with Gasteiger partial charge in [0.25, 0.3) is 0 Å². The van der Waals surface area contributed by atoms with Crippen LogP contribution in [0.3, 0.4) is 0 Å². The lowest BCUT2D eigenvalue weighted by Crippen LogP contribution is -2.54. The number of aldehydes is 1. The molecule has 1 fully saturated rings. The highest BCUT2D eigenvalue weighted by molar-refractivity contribution is 6.31. The van der Waals surface area contributed by atoms with E-state index in [-0.39, 0.29) is 0 Å². The SMILES string of the molecule is COC1O[C@@H](c2ccc(Cl)c(Cc3ccc(CC=O)cc3)c2)[C@H](O)[C@@H](O)C1O. The fourth-order valence-electron chi connectivity index (χ4n) is 3.33. The highest BCUT2D eigenvalue weighted by Crippen LogP contribution is 2.34. The standard InChI is InChI=1S/C21H23ClO6/c1-27-21-19(26)17(24)18(25)20(28-21)14-6-7-16(22)15(11-14)10-13-4-2-12(3-5-13)8-9-23/h2-7,9,11,17-21,24-26H,8,10H2,1H3/t17-,18-,19?,20+,21?/m1/s1. The Morgan fingerprint density at radius 3 is 2.36 bits per heavy atom. The second-order valence-corrected chi connectivity index (χ2v) is 7.25. The number of carbonyl (C=O) groups excluding carboxylic acids is 1. The number of ether oxygens (including phenoxy) is 2. The van der Waals surface area contributed by atoms with Crippen LogP contribution in [0.5, 0.6) is 0 Å². The third-order valence-electron chi connectivity index (χ3n) is 4.94. The summed E-state index contributed by atoms with van der Waals surface area (Å²) in [4.78, 5) is 10.6. The second kappa shape index (κ2) is 9.13. The molecule has 0 aliphatic carbocycles. The van der Waals surface area contributed by atoms with Crippen LogP contribution in [0.15, 0.2) is 42.5 Å². The molecule has 28 heavy (non-hydrogen) atoms.